The van der Waals surface area contributed by atoms with Gasteiger partial charge in [0.05, 0.1) is 0 Å². The summed E-state index contributed by atoms with van der Waals surface area (Å²) in [4.78, 5) is 10.8. The number of hydrogen-bond donors (Lipinski definition) is 2. The number of benzene rings is 1. The lowest BCUT2D eigenvalue weighted by atomic mass is 9.93. The van der Waals surface area contributed by atoms with Crippen molar-refractivity contribution >= 4 is 15.9 Å². The summed E-state index contributed by atoms with van der Waals surface area (Å²) in [6.07, 6.45) is 2.42. The van der Waals surface area contributed by atoms with E-state index >= 15 is 0 Å². The van der Waals surface area contributed by atoms with E-state index in [0.29, 0.717) is 12.1 Å². The molecule has 0 aromatic heterocycles. The summed E-state index contributed by atoms with van der Waals surface area (Å²) in [5.74, 6) is -3.55. The Morgan fingerprint density at radius 2 is 1.95 bits per heavy atom. The van der Waals surface area contributed by atoms with Crippen LogP contribution in [0.1, 0.15) is 29.6 Å². The van der Waals surface area contributed by atoms with Gasteiger partial charge >= 0.3 is 0 Å². The zero-order valence-corrected chi connectivity index (χ0v) is 10.6. The van der Waals surface area contributed by atoms with Gasteiger partial charge in [0.1, 0.15) is 16.3 Å². The second kappa shape index (κ2) is 4.86. The van der Waals surface area contributed by atoms with Gasteiger partial charge in [-0.15, -0.1) is 0 Å². The molecule has 1 fully saturated rings. The molecule has 104 valence electrons. The molecule has 8 heteroatoms. The summed E-state index contributed by atoms with van der Waals surface area (Å²) in [7, 11) is -4.35. The van der Waals surface area contributed by atoms with Crippen LogP contribution in [0.25, 0.3) is 0 Å². The molecule has 1 aromatic rings. The summed E-state index contributed by atoms with van der Waals surface area (Å²) >= 11 is 0. The third kappa shape index (κ3) is 2.74. The molecular weight excluding hydrogens is 278 g/mol. The molecule has 1 saturated carbocycles. The average Bonchev–Trinajstić information content (AvgIpc) is 2.21. The molecule has 2 rings (SSSR count). The monoisotopic (exact) mass is 290 g/mol. The predicted molar refractivity (Wildman–Crippen MR) is 62.8 cm³/mol. The van der Waals surface area contributed by atoms with E-state index in [1.54, 1.807) is 0 Å². The first-order valence-corrected chi connectivity index (χ1v) is 7.17. The van der Waals surface area contributed by atoms with E-state index < -0.39 is 38.0 Å². The van der Waals surface area contributed by atoms with Crippen LogP contribution in [0.3, 0.4) is 0 Å². The molecule has 0 heterocycles. The maximum atomic E-state index is 13.9. The third-order valence-electron chi connectivity index (χ3n) is 3.03. The number of carbonyl (C=O) groups excluding carboxylic acids is 1. The number of carbonyl (C=O) groups is 1. The van der Waals surface area contributed by atoms with Gasteiger partial charge in [0.2, 0.25) is 10.0 Å². The van der Waals surface area contributed by atoms with E-state index in [4.69, 9.17) is 5.14 Å². The Bertz CT molecular complexity index is 627. The Balaban J connectivity index is 2.41. The lowest BCUT2D eigenvalue weighted by Gasteiger charge is -2.26. The molecular formula is C11H12F2N2O3S. The van der Waals surface area contributed by atoms with Crippen molar-refractivity contribution in [1.82, 2.24) is 5.32 Å². The molecule has 1 aromatic carbocycles. The van der Waals surface area contributed by atoms with Gasteiger partial charge in [-0.2, -0.15) is 0 Å². The highest BCUT2D eigenvalue weighted by molar-refractivity contribution is 7.89. The molecule has 0 spiro atoms. The molecule has 0 bridgehead atoms. The Kier molecular flexibility index (Phi) is 3.55. The summed E-state index contributed by atoms with van der Waals surface area (Å²) in [5.41, 5.74) is -0.918. The first-order chi connectivity index (χ1) is 8.80. The molecule has 3 N–H and O–H groups in total. The highest BCUT2D eigenvalue weighted by Gasteiger charge is 2.27. The Morgan fingerprint density at radius 1 is 1.32 bits per heavy atom. The molecule has 0 saturated heterocycles. The number of sulfonamides is 1. The van der Waals surface area contributed by atoms with Gasteiger partial charge in [-0.25, -0.2) is 22.3 Å². The quantitative estimate of drug-likeness (QED) is 0.866. The minimum absolute atomic E-state index is 0.121. The highest BCUT2D eigenvalue weighted by Crippen LogP contribution is 2.22. The van der Waals surface area contributed by atoms with Crippen molar-refractivity contribution in [2.24, 2.45) is 5.14 Å². The number of amides is 1. The van der Waals surface area contributed by atoms with Crippen LogP contribution in [0.5, 0.6) is 0 Å². The molecule has 1 amide bonds. The zero-order valence-electron chi connectivity index (χ0n) is 9.82. The lowest BCUT2D eigenvalue weighted by Crippen LogP contribution is -2.40. The van der Waals surface area contributed by atoms with E-state index in [2.05, 4.69) is 5.32 Å². The van der Waals surface area contributed by atoms with Crippen LogP contribution in [0.2, 0.25) is 0 Å². The fourth-order valence-corrected chi connectivity index (χ4v) is 2.38. The molecule has 19 heavy (non-hydrogen) atoms. The van der Waals surface area contributed by atoms with E-state index in [9.17, 15) is 22.0 Å². The third-order valence-corrected chi connectivity index (χ3v) is 3.96. The zero-order chi connectivity index (χ0) is 14.2. The van der Waals surface area contributed by atoms with Gasteiger partial charge in [0, 0.05) is 6.04 Å². The van der Waals surface area contributed by atoms with Crippen LogP contribution in [-0.4, -0.2) is 20.4 Å². The van der Waals surface area contributed by atoms with Gasteiger partial charge in [-0.3, -0.25) is 4.79 Å². The van der Waals surface area contributed by atoms with Crippen LogP contribution >= 0.6 is 0 Å². The van der Waals surface area contributed by atoms with Gasteiger partial charge < -0.3 is 5.32 Å². The first-order valence-electron chi connectivity index (χ1n) is 5.62. The topological polar surface area (TPSA) is 89.3 Å². The van der Waals surface area contributed by atoms with Crippen molar-refractivity contribution in [2.75, 3.05) is 0 Å². The maximum absolute atomic E-state index is 13.9. The van der Waals surface area contributed by atoms with Gasteiger partial charge in [-0.1, -0.05) is 0 Å². The van der Waals surface area contributed by atoms with Crippen molar-refractivity contribution in [2.45, 2.75) is 30.2 Å². The fraction of sp³-hybridized carbons (Fsp3) is 0.364. The largest absolute Gasteiger partial charge is 0.349 e. The maximum Gasteiger partial charge on any atom is 0.257 e. The number of halogens is 2. The molecule has 0 aliphatic heterocycles. The Morgan fingerprint density at radius 3 is 2.42 bits per heavy atom. The van der Waals surface area contributed by atoms with Crippen LogP contribution in [0.4, 0.5) is 8.78 Å². The highest BCUT2D eigenvalue weighted by atomic mass is 32.2. The average molecular weight is 290 g/mol. The second-order valence-electron chi connectivity index (χ2n) is 4.38. The first kappa shape index (κ1) is 13.9. The number of hydrogen-bond acceptors (Lipinski definition) is 3. The summed E-state index contributed by atoms with van der Waals surface area (Å²) in [5, 5.41) is 7.23. The SMILES string of the molecule is NS(=O)(=O)c1ccc(F)c(C(=O)NC2CCC2)c1F. The van der Waals surface area contributed by atoms with E-state index in [-0.39, 0.29) is 6.04 Å². The van der Waals surface area contributed by atoms with Gasteiger partial charge in [0.25, 0.3) is 5.91 Å². The van der Waals surface area contributed by atoms with Crippen molar-refractivity contribution in [3.8, 4) is 0 Å². The number of nitrogens with one attached hydrogen (secondary N) is 1. The van der Waals surface area contributed by atoms with Gasteiger partial charge in [-0.05, 0) is 31.4 Å². The second-order valence-corrected chi connectivity index (χ2v) is 5.91. The van der Waals surface area contributed by atoms with Crippen molar-refractivity contribution in [3.05, 3.63) is 29.3 Å². The van der Waals surface area contributed by atoms with Crippen LogP contribution in [0, 0.1) is 11.6 Å². The standard InChI is InChI=1S/C11H12F2N2O3S/c12-7-4-5-8(19(14,17)18)10(13)9(7)11(16)15-6-2-1-3-6/h4-6H,1-3H2,(H,15,16)(H2,14,17,18). The minimum Gasteiger partial charge on any atom is -0.349 e. The number of nitrogens with two attached hydrogens (primary N) is 1. The van der Waals surface area contributed by atoms with E-state index in [1.807, 2.05) is 0 Å². The summed E-state index contributed by atoms with van der Waals surface area (Å²) < 4.78 is 49.6. The lowest BCUT2D eigenvalue weighted by molar-refractivity contribution is 0.0907. The van der Waals surface area contributed by atoms with Crippen LogP contribution in [0.15, 0.2) is 17.0 Å². The summed E-state index contributed by atoms with van der Waals surface area (Å²) in [6.45, 7) is 0. The molecule has 0 atom stereocenters. The Labute approximate surface area is 108 Å². The normalized spacial score (nSPS) is 15.9. The van der Waals surface area contributed by atoms with Gasteiger partial charge in [0.15, 0.2) is 5.82 Å². The molecule has 1 aliphatic rings. The number of rotatable bonds is 3. The number of primary sulfonamides is 1. The van der Waals surface area contributed by atoms with Crippen LogP contribution in [-0.2, 0) is 10.0 Å². The smallest absolute Gasteiger partial charge is 0.257 e. The molecule has 0 radical (unpaired) electrons. The van der Waals surface area contributed by atoms with Crippen molar-refractivity contribution < 1.29 is 22.0 Å². The van der Waals surface area contributed by atoms with Crippen molar-refractivity contribution in [1.29, 1.82) is 0 Å². The molecule has 1 aliphatic carbocycles. The Hall–Kier alpha value is -1.54. The van der Waals surface area contributed by atoms with E-state index in [1.165, 1.54) is 0 Å². The van der Waals surface area contributed by atoms with Crippen LogP contribution < -0.4 is 10.5 Å². The van der Waals surface area contributed by atoms with E-state index in [0.717, 1.165) is 19.3 Å². The fourth-order valence-electron chi connectivity index (χ4n) is 1.77. The molecule has 0 unspecified atom stereocenters. The predicted octanol–water partition coefficient (Wildman–Crippen LogP) is 0.894. The minimum atomic E-state index is -4.35. The summed E-state index contributed by atoms with van der Waals surface area (Å²) in [6, 6.07) is 1.28. The van der Waals surface area contributed by atoms with Crippen molar-refractivity contribution in [3.63, 3.8) is 0 Å². The molecule has 5 nitrogen and oxygen atoms in total.